The molecule has 1 saturated heterocycles. The van der Waals surface area contributed by atoms with Crippen LogP contribution in [0, 0.1) is 0 Å². The lowest BCUT2D eigenvalue weighted by Crippen LogP contribution is -2.52. The number of ketones is 1. The van der Waals surface area contributed by atoms with E-state index in [0.717, 1.165) is 0 Å². The second-order valence-electron chi connectivity index (χ2n) is 8.66. The van der Waals surface area contributed by atoms with Crippen molar-refractivity contribution in [2.45, 2.75) is 25.3 Å². The maximum Gasteiger partial charge on any atom is 0.296 e. The number of aliphatic hydroxyl groups excluding tert-OH is 1. The van der Waals surface area contributed by atoms with Crippen LogP contribution in [0.25, 0.3) is 5.76 Å². The third-order valence-electron chi connectivity index (χ3n) is 6.48. The molecule has 2 aromatic rings. The largest absolute Gasteiger partial charge is 0.507 e. The second kappa shape index (κ2) is 10.4. The van der Waals surface area contributed by atoms with Crippen LogP contribution in [-0.2, 0) is 24.7 Å². The van der Waals surface area contributed by atoms with E-state index in [1.165, 1.54) is 4.90 Å². The predicted molar refractivity (Wildman–Crippen MR) is 136 cm³/mol. The van der Waals surface area contributed by atoms with Crippen LogP contribution in [0.15, 0.2) is 66.8 Å². The lowest BCUT2D eigenvalue weighted by Gasteiger charge is -2.34. The van der Waals surface area contributed by atoms with Gasteiger partial charge in [0.05, 0.1) is 11.3 Å². The van der Waals surface area contributed by atoms with Crippen LogP contribution in [0.1, 0.15) is 30.9 Å². The van der Waals surface area contributed by atoms with E-state index >= 15 is 0 Å². The van der Waals surface area contributed by atoms with E-state index in [1.54, 1.807) is 60.6 Å². The molecule has 0 aromatic heterocycles. The number of amides is 2. The van der Waals surface area contributed by atoms with Gasteiger partial charge in [0.1, 0.15) is 18.1 Å². The molecule has 1 N–H and O–H groups in total. The standard InChI is InChI=1S/C28H30N2O6/c1-4-15-29-22-10-7-6-9-21(22)28(27(29)34)23(25(32)26(33)30(28)16-8-18-35-3)24(31)19-11-13-20(14-12-19)36-17-5-2/h5-7,9-14,31H,2,4,8,15-18H2,1,3H3/b24-23+. The Bertz CT molecular complexity index is 1220. The van der Waals surface area contributed by atoms with E-state index in [4.69, 9.17) is 9.47 Å². The molecule has 36 heavy (non-hydrogen) atoms. The number of benzene rings is 2. The van der Waals surface area contributed by atoms with Crippen molar-refractivity contribution in [2.75, 3.05) is 38.3 Å². The first-order chi connectivity index (χ1) is 17.4. The molecule has 0 saturated carbocycles. The van der Waals surface area contributed by atoms with Crippen molar-refractivity contribution in [1.29, 1.82) is 0 Å². The van der Waals surface area contributed by atoms with Crippen LogP contribution >= 0.6 is 0 Å². The van der Waals surface area contributed by atoms with E-state index in [0.29, 0.717) is 55.2 Å². The molecule has 2 aliphatic heterocycles. The highest BCUT2D eigenvalue weighted by molar-refractivity contribution is 6.50. The first kappa shape index (κ1) is 25.2. The first-order valence-corrected chi connectivity index (χ1v) is 12.0. The Kier molecular flexibility index (Phi) is 7.26. The van der Waals surface area contributed by atoms with Gasteiger partial charge in [-0.15, -0.1) is 0 Å². The van der Waals surface area contributed by atoms with Gasteiger partial charge in [-0.2, -0.15) is 0 Å². The van der Waals surface area contributed by atoms with E-state index < -0.39 is 28.9 Å². The number of likely N-dealkylation sites (tertiary alicyclic amines) is 1. The van der Waals surface area contributed by atoms with E-state index in [1.807, 2.05) is 13.0 Å². The highest BCUT2D eigenvalue weighted by Crippen LogP contribution is 2.53. The van der Waals surface area contributed by atoms with Crippen LogP contribution in [0.3, 0.4) is 0 Å². The fourth-order valence-corrected chi connectivity index (χ4v) is 4.99. The first-order valence-electron chi connectivity index (χ1n) is 12.0. The molecule has 1 unspecified atom stereocenters. The predicted octanol–water partition coefficient (Wildman–Crippen LogP) is 3.62. The summed E-state index contributed by atoms with van der Waals surface area (Å²) in [6.07, 6.45) is 2.71. The molecule has 188 valence electrons. The van der Waals surface area contributed by atoms with E-state index in [-0.39, 0.29) is 12.1 Å². The van der Waals surface area contributed by atoms with Crippen LogP contribution in [-0.4, -0.2) is 61.0 Å². The topological polar surface area (TPSA) is 96.4 Å². The van der Waals surface area contributed by atoms with Gasteiger partial charge in [-0.05, 0) is 43.2 Å². The molecule has 2 heterocycles. The third-order valence-corrected chi connectivity index (χ3v) is 6.48. The number of fused-ring (bicyclic) bond motifs is 2. The number of Topliss-reactive ketones (excluding diaryl/α,β-unsaturated/α-hetero) is 1. The number of aliphatic hydroxyl groups is 1. The minimum Gasteiger partial charge on any atom is -0.507 e. The summed E-state index contributed by atoms with van der Waals surface area (Å²) in [5, 5.41) is 11.5. The quantitative estimate of drug-likeness (QED) is 0.180. The molecule has 2 aliphatic rings. The zero-order valence-electron chi connectivity index (χ0n) is 20.5. The number of carbonyl (C=O) groups excluding carboxylic acids is 3. The van der Waals surface area contributed by atoms with Crippen LogP contribution in [0.2, 0.25) is 0 Å². The van der Waals surface area contributed by atoms with Crippen molar-refractivity contribution in [2.24, 2.45) is 0 Å². The highest BCUT2D eigenvalue weighted by atomic mass is 16.5. The van der Waals surface area contributed by atoms with Crippen LogP contribution < -0.4 is 9.64 Å². The maximum atomic E-state index is 14.2. The molecule has 4 rings (SSSR count). The number of carbonyl (C=O) groups is 3. The van der Waals surface area contributed by atoms with Gasteiger partial charge in [-0.1, -0.05) is 37.8 Å². The average molecular weight is 491 g/mol. The summed E-state index contributed by atoms with van der Waals surface area (Å²) >= 11 is 0. The fourth-order valence-electron chi connectivity index (χ4n) is 4.99. The van der Waals surface area contributed by atoms with Crippen molar-refractivity contribution < 1.29 is 29.0 Å². The molecule has 8 heteroatoms. The summed E-state index contributed by atoms with van der Waals surface area (Å²) in [7, 11) is 1.55. The summed E-state index contributed by atoms with van der Waals surface area (Å²) in [6, 6.07) is 13.6. The number of hydrogen-bond acceptors (Lipinski definition) is 6. The van der Waals surface area contributed by atoms with E-state index in [9.17, 15) is 19.5 Å². The zero-order valence-corrected chi connectivity index (χ0v) is 20.5. The van der Waals surface area contributed by atoms with E-state index in [2.05, 4.69) is 6.58 Å². The van der Waals surface area contributed by atoms with Gasteiger partial charge in [0, 0.05) is 37.9 Å². The van der Waals surface area contributed by atoms with Gasteiger partial charge >= 0.3 is 0 Å². The number of ether oxygens (including phenoxy) is 2. The lowest BCUT2D eigenvalue weighted by molar-refractivity contribution is -0.143. The number of nitrogens with zero attached hydrogens (tertiary/aromatic N) is 2. The molecule has 1 spiro atoms. The second-order valence-corrected chi connectivity index (χ2v) is 8.66. The van der Waals surface area contributed by atoms with Crippen molar-refractivity contribution in [3.63, 3.8) is 0 Å². The SMILES string of the molecule is C=CCOc1ccc(/C(O)=C2/C(=O)C(=O)N(CCCOC)C23C(=O)N(CCC)c2ccccc23)cc1. The summed E-state index contributed by atoms with van der Waals surface area (Å²) in [6.45, 7) is 6.76. The average Bonchev–Trinajstić information content (AvgIpc) is 3.27. The Morgan fingerprint density at radius 2 is 1.81 bits per heavy atom. The number of para-hydroxylation sites is 1. The van der Waals surface area contributed by atoms with Gasteiger partial charge in [0.2, 0.25) is 0 Å². The van der Waals surface area contributed by atoms with Gasteiger partial charge in [0.25, 0.3) is 17.6 Å². The third kappa shape index (κ3) is 3.87. The van der Waals surface area contributed by atoms with Gasteiger partial charge in [-0.25, -0.2) is 0 Å². The van der Waals surface area contributed by atoms with Gasteiger partial charge in [0.15, 0.2) is 5.54 Å². The summed E-state index contributed by atoms with van der Waals surface area (Å²) in [4.78, 5) is 44.0. The van der Waals surface area contributed by atoms with Gasteiger partial charge in [-0.3, -0.25) is 14.4 Å². The number of methoxy groups -OCH3 is 1. The monoisotopic (exact) mass is 490 g/mol. The molecular weight excluding hydrogens is 460 g/mol. The molecule has 1 fully saturated rings. The van der Waals surface area contributed by atoms with Gasteiger partial charge < -0.3 is 24.4 Å². The molecule has 8 nitrogen and oxygen atoms in total. The normalized spacial score (nSPS) is 20.3. The Morgan fingerprint density at radius 3 is 2.47 bits per heavy atom. The molecular formula is C28H30N2O6. The number of rotatable bonds is 10. The number of anilines is 1. The Balaban J connectivity index is 1.94. The molecule has 0 aliphatic carbocycles. The smallest absolute Gasteiger partial charge is 0.296 e. The lowest BCUT2D eigenvalue weighted by atomic mass is 9.82. The highest BCUT2D eigenvalue weighted by Gasteiger charge is 2.66. The molecule has 0 bridgehead atoms. The van der Waals surface area contributed by atoms with Crippen molar-refractivity contribution >= 4 is 29.0 Å². The summed E-state index contributed by atoms with van der Waals surface area (Å²) in [5.74, 6) is -1.98. The van der Waals surface area contributed by atoms with Crippen molar-refractivity contribution in [1.82, 2.24) is 4.90 Å². The maximum absolute atomic E-state index is 14.2. The van der Waals surface area contributed by atoms with Crippen LogP contribution in [0.5, 0.6) is 5.75 Å². The van der Waals surface area contributed by atoms with Crippen LogP contribution in [0.4, 0.5) is 5.69 Å². The Hall–Kier alpha value is -3.91. The molecule has 2 aromatic carbocycles. The molecule has 2 amide bonds. The Morgan fingerprint density at radius 1 is 1.08 bits per heavy atom. The van der Waals surface area contributed by atoms with Crippen molar-refractivity contribution in [3.05, 3.63) is 77.9 Å². The number of hydrogen-bond donors (Lipinski definition) is 1. The fraction of sp³-hybridized carbons (Fsp3) is 0.321. The summed E-state index contributed by atoms with van der Waals surface area (Å²) < 4.78 is 10.7. The Labute approximate surface area is 210 Å². The minimum absolute atomic E-state index is 0.115. The zero-order chi connectivity index (χ0) is 25.9. The molecule has 0 radical (unpaired) electrons. The van der Waals surface area contributed by atoms with Crippen molar-refractivity contribution in [3.8, 4) is 5.75 Å². The minimum atomic E-state index is -1.75. The molecule has 1 atom stereocenters. The summed E-state index contributed by atoms with van der Waals surface area (Å²) in [5.41, 5.74) is -0.541.